The molecule has 0 aromatic heterocycles. The maximum atomic E-state index is 12.6. The Balaban J connectivity index is 1.79. The van der Waals surface area contributed by atoms with Gasteiger partial charge < -0.3 is 9.64 Å². The van der Waals surface area contributed by atoms with Gasteiger partial charge in [-0.3, -0.25) is 4.79 Å². The van der Waals surface area contributed by atoms with E-state index in [1.165, 1.54) is 12.1 Å². The summed E-state index contributed by atoms with van der Waals surface area (Å²) in [5.41, 5.74) is 0.387. The van der Waals surface area contributed by atoms with Gasteiger partial charge in [0.25, 0.3) is 5.91 Å². The molecule has 1 aromatic carbocycles. The number of carbonyl (C=O) groups excluding carboxylic acids is 1. The van der Waals surface area contributed by atoms with Crippen molar-refractivity contribution < 1.29 is 18.3 Å². The van der Waals surface area contributed by atoms with Crippen LogP contribution in [-0.2, 0) is 0 Å². The number of ether oxygens (including phenoxy) is 1. The Morgan fingerprint density at radius 2 is 1.95 bits per heavy atom. The third-order valence-electron chi connectivity index (χ3n) is 4.22. The van der Waals surface area contributed by atoms with Crippen molar-refractivity contribution in [3.8, 4) is 5.75 Å². The van der Waals surface area contributed by atoms with Crippen LogP contribution in [0.25, 0.3) is 0 Å². The van der Waals surface area contributed by atoms with E-state index in [9.17, 15) is 13.6 Å². The fraction of sp³-hybridized carbons (Fsp3) is 0.533. The first-order chi connectivity index (χ1) is 10.0. The number of benzene rings is 1. The zero-order valence-electron chi connectivity index (χ0n) is 11.3. The van der Waals surface area contributed by atoms with Gasteiger partial charge in [-0.15, -0.1) is 11.6 Å². The normalized spacial score (nSPS) is 28.0. The van der Waals surface area contributed by atoms with Gasteiger partial charge in [0.15, 0.2) is 0 Å². The fourth-order valence-electron chi connectivity index (χ4n) is 3.40. The molecular weight excluding hydrogens is 300 g/mol. The Morgan fingerprint density at radius 3 is 2.57 bits per heavy atom. The number of alkyl halides is 3. The molecule has 2 aliphatic heterocycles. The zero-order valence-corrected chi connectivity index (χ0v) is 12.1. The van der Waals surface area contributed by atoms with Crippen LogP contribution in [0.5, 0.6) is 5.75 Å². The van der Waals surface area contributed by atoms with E-state index < -0.39 is 6.61 Å². The zero-order chi connectivity index (χ0) is 15.0. The molecule has 0 N–H and O–H groups in total. The van der Waals surface area contributed by atoms with E-state index in [-0.39, 0.29) is 29.1 Å². The van der Waals surface area contributed by atoms with E-state index in [2.05, 4.69) is 4.74 Å². The molecule has 2 aliphatic rings. The van der Waals surface area contributed by atoms with Gasteiger partial charge in [-0.05, 0) is 43.9 Å². The summed E-state index contributed by atoms with van der Waals surface area (Å²) in [5, 5.41) is 0.125. The number of fused-ring (bicyclic) bond motifs is 2. The molecule has 0 aliphatic carbocycles. The summed E-state index contributed by atoms with van der Waals surface area (Å²) < 4.78 is 28.9. The van der Waals surface area contributed by atoms with Crippen molar-refractivity contribution >= 4 is 17.5 Å². The van der Waals surface area contributed by atoms with Gasteiger partial charge in [-0.25, -0.2) is 0 Å². The van der Waals surface area contributed by atoms with E-state index in [4.69, 9.17) is 11.6 Å². The first-order valence-corrected chi connectivity index (χ1v) is 7.50. The first kappa shape index (κ1) is 14.6. The maximum absolute atomic E-state index is 12.6. The van der Waals surface area contributed by atoms with Crippen molar-refractivity contribution in [1.29, 1.82) is 0 Å². The molecule has 2 fully saturated rings. The van der Waals surface area contributed by atoms with Crippen molar-refractivity contribution in [2.24, 2.45) is 0 Å². The molecule has 2 atom stereocenters. The fourth-order valence-corrected chi connectivity index (χ4v) is 3.81. The predicted molar refractivity (Wildman–Crippen MR) is 74.9 cm³/mol. The molecular formula is C15H16ClF2NO2. The van der Waals surface area contributed by atoms with Crippen molar-refractivity contribution in [3.63, 3.8) is 0 Å². The number of carbonyl (C=O) groups is 1. The minimum absolute atomic E-state index is 0.00965. The molecule has 2 bridgehead atoms. The average molecular weight is 316 g/mol. The average Bonchev–Trinajstić information content (AvgIpc) is 2.69. The maximum Gasteiger partial charge on any atom is 0.387 e. The number of hydrogen-bond acceptors (Lipinski definition) is 2. The van der Waals surface area contributed by atoms with Crippen molar-refractivity contribution in [1.82, 2.24) is 4.90 Å². The second-order valence-corrected chi connectivity index (χ2v) is 6.19. The summed E-state index contributed by atoms with van der Waals surface area (Å²) in [6.07, 6.45) is 3.54. The van der Waals surface area contributed by atoms with Crippen LogP contribution >= 0.6 is 11.6 Å². The molecule has 114 valence electrons. The van der Waals surface area contributed by atoms with Gasteiger partial charge in [0.05, 0.1) is 0 Å². The van der Waals surface area contributed by atoms with Gasteiger partial charge in [0.2, 0.25) is 0 Å². The smallest absolute Gasteiger partial charge is 0.387 e. The second kappa shape index (κ2) is 5.79. The van der Waals surface area contributed by atoms with Crippen LogP contribution in [0, 0.1) is 0 Å². The number of halogens is 3. The van der Waals surface area contributed by atoms with Crippen LogP contribution in [-0.4, -0.2) is 34.9 Å². The molecule has 6 heteroatoms. The lowest BCUT2D eigenvalue weighted by molar-refractivity contribution is -0.0499. The van der Waals surface area contributed by atoms with E-state index in [0.29, 0.717) is 5.56 Å². The first-order valence-electron chi connectivity index (χ1n) is 7.06. The van der Waals surface area contributed by atoms with Gasteiger partial charge >= 0.3 is 6.61 Å². The van der Waals surface area contributed by atoms with E-state index in [0.717, 1.165) is 25.7 Å². The van der Waals surface area contributed by atoms with Gasteiger partial charge in [-0.2, -0.15) is 8.78 Å². The number of amides is 1. The van der Waals surface area contributed by atoms with E-state index in [1.54, 1.807) is 12.1 Å². The third-order valence-corrected chi connectivity index (χ3v) is 4.57. The van der Waals surface area contributed by atoms with Gasteiger partial charge in [-0.1, -0.05) is 6.07 Å². The molecule has 3 nitrogen and oxygen atoms in total. The minimum Gasteiger partial charge on any atom is -0.435 e. The topological polar surface area (TPSA) is 29.5 Å². The Morgan fingerprint density at radius 1 is 1.29 bits per heavy atom. The lowest BCUT2D eigenvalue weighted by atomic mass is 10.0. The molecule has 0 spiro atoms. The van der Waals surface area contributed by atoms with Crippen LogP contribution in [0.4, 0.5) is 8.78 Å². The van der Waals surface area contributed by atoms with E-state index in [1.807, 2.05) is 4.90 Å². The molecule has 1 aromatic rings. The molecule has 2 heterocycles. The van der Waals surface area contributed by atoms with Crippen molar-refractivity contribution in [2.75, 3.05) is 0 Å². The SMILES string of the molecule is O=C(c1cccc(OC(F)F)c1)N1C2CCC1CC(Cl)C2. The predicted octanol–water partition coefficient (Wildman–Crippen LogP) is 3.66. The number of rotatable bonds is 3. The van der Waals surface area contributed by atoms with Gasteiger partial charge in [0, 0.05) is 23.0 Å². The third kappa shape index (κ3) is 2.98. The van der Waals surface area contributed by atoms with Crippen LogP contribution in [0.2, 0.25) is 0 Å². The monoisotopic (exact) mass is 315 g/mol. The van der Waals surface area contributed by atoms with Crippen LogP contribution in [0.15, 0.2) is 24.3 Å². The Bertz CT molecular complexity index is 526. The minimum atomic E-state index is -2.89. The molecule has 0 saturated carbocycles. The molecule has 1 amide bonds. The highest BCUT2D eigenvalue weighted by atomic mass is 35.5. The number of hydrogen-bond donors (Lipinski definition) is 0. The highest BCUT2D eigenvalue weighted by Gasteiger charge is 2.42. The molecule has 2 saturated heterocycles. The van der Waals surface area contributed by atoms with Crippen molar-refractivity contribution in [2.45, 2.75) is 49.8 Å². The second-order valence-electron chi connectivity index (χ2n) is 5.57. The summed E-state index contributed by atoms with van der Waals surface area (Å²) in [4.78, 5) is 14.5. The summed E-state index contributed by atoms with van der Waals surface area (Å²) >= 11 is 6.20. The molecule has 2 unspecified atom stereocenters. The molecule has 21 heavy (non-hydrogen) atoms. The Hall–Kier alpha value is -1.36. The van der Waals surface area contributed by atoms with Crippen LogP contribution in [0.1, 0.15) is 36.0 Å². The van der Waals surface area contributed by atoms with Gasteiger partial charge in [0.1, 0.15) is 5.75 Å². The van der Waals surface area contributed by atoms with Crippen LogP contribution in [0.3, 0.4) is 0 Å². The Labute approximate surface area is 126 Å². The highest BCUT2D eigenvalue weighted by molar-refractivity contribution is 6.20. The standard InChI is InChI=1S/C15H16ClF2NO2/c16-10-7-11-4-5-12(8-10)19(11)14(20)9-2-1-3-13(6-9)21-15(17)18/h1-3,6,10-12,15H,4-5,7-8H2. The van der Waals surface area contributed by atoms with Crippen LogP contribution < -0.4 is 4.74 Å². The summed E-state index contributed by atoms with van der Waals surface area (Å²) in [6, 6.07) is 6.31. The Kier molecular flexibility index (Phi) is 4.02. The number of piperidine rings is 1. The largest absolute Gasteiger partial charge is 0.435 e. The van der Waals surface area contributed by atoms with Crippen molar-refractivity contribution in [3.05, 3.63) is 29.8 Å². The summed E-state index contributed by atoms with van der Waals surface area (Å²) in [5.74, 6) is -0.110. The lowest BCUT2D eigenvalue weighted by Gasteiger charge is -2.37. The highest BCUT2D eigenvalue weighted by Crippen LogP contribution is 2.38. The van der Waals surface area contributed by atoms with E-state index >= 15 is 0 Å². The lowest BCUT2D eigenvalue weighted by Crippen LogP contribution is -2.46. The molecule has 0 radical (unpaired) electrons. The summed E-state index contributed by atoms with van der Waals surface area (Å²) in [6.45, 7) is -2.89. The summed E-state index contributed by atoms with van der Waals surface area (Å²) in [7, 11) is 0. The number of nitrogens with zero attached hydrogens (tertiary/aromatic N) is 1. The molecule has 3 rings (SSSR count). The quantitative estimate of drug-likeness (QED) is 0.797.